The Bertz CT molecular complexity index is 651. The first kappa shape index (κ1) is 15.8. The van der Waals surface area contributed by atoms with Crippen molar-refractivity contribution in [2.24, 2.45) is 0 Å². The van der Waals surface area contributed by atoms with Crippen molar-refractivity contribution in [3.05, 3.63) is 52.3 Å². The molecule has 5 heteroatoms. The highest BCUT2D eigenvalue weighted by atomic mass is 32.1. The largest absolute Gasteiger partial charge is 0.294 e. The maximum atomic E-state index is 11.7. The molecule has 0 bridgehead atoms. The molecule has 0 aliphatic carbocycles. The Morgan fingerprint density at radius 1 is 1.35 bits per heavy atom. The van der Waals surface area contributed by atoms with Crippen LogP contribution in [0.3, 0.4) is 0 Å². The molecule has 4 nitrogen and oxygen atoms in total. The SMILES string of the molecule is C.C=C/C=C\C=C(/C)c1cc2c(s1)C(=N)C(=O)NC2=O. The van der Waals surface area contributed by atoms with Gasteiger partial charge in [-0.15, -0.1) is 11.3 Å². The van der Waals surface area contributed by atoms with Gasteiger partial charge < -0.3 is 0 Å². The van der Waals surface area contributed by atoms with Crippen LogP contribution < -0.4 is 5.32 Å². The zero-order valence-corrected chi connectivity index (χ0v) is 11.1. The van der Waals surface area contributed by atoms with Crippen molar-refractivity contribution in [1.29, 1.82) is 5.41 Å². The number of allylic oxidation sites excluding steroid dienone is 5. The fourth-order valence-electron chi connectivity index (χ4n) is 1.64. The standard InChI is InChI=1S/C14H12N2O2S.CH4/c1-3-4-5-6-8(2)10-7-9-12(19-10)11(15)14(18)16-13(9)17;/h3-7,15H,1H2,2H3,(H,16,17,18);1H4/b5-4-,8-6+,15-11?;. The van der Waals surface area contributed by atoms with E-state index in [0.29, 0.717) is 10.4 Å². The van der Waals surface area contributed by atoms with E-state index in [1.54, 1.807) is 18.2 Å². The number of hydrogen-bond acceptors (Lipinski definition) is 4. The molecular weight excluding hydrogens is 272 g/mol. The zero-order valence-electron chi connectivity index (χ0n) is 10.3. The molecule has 2 amide bonds. The topological polar surface area (TPSA) is 70.0 Å². The maximum Gasteiger partial charge on any atom is 0.277 e. The molecule has 0 saturated heterocycles. The minimum Gasteiger partial charge on any atom is -0.294 e. The highest BCUT2D eigenvalue weighted by Crippen LogP contribution is 2.30. The molecule has 1 aromatic rings. The normalized spacial score (nSPS) is 14.8. The summed E-state index contributed by atoms with van der Waals surface area (Å²) in [5.41, 5.74) is 1.20. The minimum atomic E-state index is -0.640. The predicted octanol–water partition coefficient (Wildman–Crippen LogP) is 3.17. The van der Waals surface area contributed by atoms with E-state index in [0.717, 1.165) is 10.5 Å². The first-order valence-electron chi connectivity index (χ1n) is 5.59. The van der Waals surface area contributed by atoms with Crippen LogP contribution in [0.1, 0.15) is 34.5 Å². The smallest absolute Gasteiger partial charge is 0.277 e. The third-order valence-electron chi connectivity index (χ3n) is 2.64. The Morgan fingerprint density at radius 2 is 2.05 bits per heavy atom. The first-order chi connectivity index (χ1) is 9.04. The van der Waals surface area contributed by atoms with Gasteiger partial charge in [0, 0.05) is 4.88 Å². The lowest BCUT2D eigenvalue weighted by Crippen LogP contribution is -2.41. The van der Waals surface area contributed by atoms with Crippen LogP contribution in [0.25, 0.3) is 5.57 Å². The number of nitrogens with one attached hydrogen (secondary N) is 2. The second-order valence-electron chi connectivity index (χ2n) is 3.98. The third kappa shape index (κ3) is 2.83. The van der Waals surface area contributed by atoms with Gasteiger partial charge in [0.15, 0.2) is 0 Å². The van der Waals surface area contributed by atoms with E-state index in [1.165, 1.54) is 11.3 Å². The van der Waals surface area contributed by atoms with Crippen molar-refractivity contribution in [3.8, 4) is 0 Å². The van der Waals surface area contributed by atoms with Gasteiger partial charge in [0.1, 0.15) is 5.71 Å². The molecule has 1 aliphatic heterocycles. The Morgan fingerprint density at radius 3 is 2.70 bits per heavy atom. The highest BCUT2D eigenvalue weighted by Gasteiger charge is 2.30. The van der Waals surface area contributed by atoms with E-state index in [9.17, 15) is 9.59 Å². The lowest BCUT2D eigenvalue weighted by Gasteiger charge is -2.10. The number of rotatable bonds is 3. The summed E-state index contributed by atoms with van der Waals surface area (Å²) in [5, 5.41) is 9.84. The van der Waals surface area contributed by atoms with Crippen LogP contribution in [0, 0.1) is 5.41 Å². The van der Waals surface area contributed by atoms with Crippen LogP contribution in [-0.2, 0) is 4.79 Å². The van der Waals surface area contributed by atoms with Crippen LogP contribution >= 0.6 is 11.3 Å². The Kier molecular flexibility index (Phi) is 4.94. The van der Waals surface area contributed by atoms with Crippen LogP contribution in [0.2, 0.25) is 0 Å². The third-order valence-corrected chi connectivity index (χ3v) is 3.93. The van der Waals surface area contributed by atoms with Crippen LogP contribution in [-0.4, -0.2) is 17.5 Å². The van der Waals surface area contributed by atoms with Crippen molar-refractivity contribution in [3.63, 3.8) is 0 Å². The van der Waals surface area contributed by atoms with Crippen molar-refractivity contribution in [2.75, 3.05) is 0 Å². The van der Waals surface area contributed by atoms with Crippen LogP contribution in [0.5, 0.6) is 0 Å². The quantitative estimate of drug-likeness (QED) is 0.662. The van der Waals surface area contributed by atoms with Gasteiger partial charge in [-0.25, -0.2) is 0 Å². The van der Waals surface area contributed by atoms with Crippen molar-refractivity contribution in [2.45, 2.75) is 14.4 Å². The second-order valence-corrected chi connectivity index (χ2v) is 5.03. The molecule has 0 aromatic carbocycles. The molecule has 0 fully saturated rings. The molecule has 0 radical (unpaired) electrons. The molecule has 0 atom stereocenters. The van der Waals surface area contributed by atoms with Crippen molar-refractivity contribution < 1.29 is 9.59 Å². The van der Waals surface area contributed by atoms with Crippen LogP contribution in [0.15, 0.2) is 36.9 Å². The summed E-state index contributed by atoms with van der Waals surface area (Å²) in [5.74, 6) is -1.08. The molecule has 20 heavy (non-hydrogen) atoms. The van der Waals surface area contributed by atoms with Gasteiger partial charge in [-0.3, -0.25) is 20.3 Å². The Labute approximate surface area is 122 Å². The maximum absolute atomic E-state index is 11.7. The Hall–Kier alpha value is -2.27. The van der Waals surface area contributed by atoms with E-state index in [1.807, 2.05) is 19.1 Å². The molecule has 2 N–H and O–H groups in total. The zero-order chi connectivity index (χ0) is 14.0. The van der Waals surface area contributed by atoms with Gasteiger partial charge in [0.25, 0.3) is 11.8 Å². The summed E-state index contributed by atoms with van der Waals surface area (Å²) in [7, 11) is 0. The van der Waals surface area contributed by atoms with Gasteiger partial charge in [-0.05, 0) is 18.6 Å². The van der Waals surface area contributed by atoms with Gasteiger partial charge in [0.2, 0.25) is 0 Å². The predicted molar refractivity (Wildman–Crippen MR) is 83.3 cm³/mol. The van der Waals surface area contributed by atoms with Gasteiger partial charge in [-0.2, -0.15) is 0 Å². The lowest BCUT2D eigenvalue weighted by atomic mass is 10.1. The fraction of sp³-hybridized carbons (Fsp3) is 0.133. The monoisotopic (exact) mass is 288 g/mol. The average Bonchev–Trinajstić information content (AvgIpc) is 2.82. The summed E-state index contributed by atoms with van der Waals surface area (Å²) in [6.07, 6.45) is 7.21. The average molecular weight is 288 g/mol. The van der Waals surface area contributed by atoms with E-state index < -0.39 is 11.8 Å². The summed E-state index contributed by atoms with van der Waals surface area (Å²) >= 11 is 1.28. The van der Waals surface area contributed by atoms with Gasteiger partial charge >= 0.3 is 0 Å². The molecule has 104 valence electrons. The Balaban J connectivity index is 0.00000200. The molecule has 0 spiro atoms. The molecule has 2 rings (SSSR count). The molecule has 0 saturated carbocycles. The summed E-state index contributed by atoms with van der Waals surface area (Å²) in [6, 6.07) is 1.71. The van der Waals surface area contributed by atoms with E-state index in [-0.39, 0.29) is 13.1 Å². The first-order valence-corrected chi connectivity index (χ1v) is 6.41. The number of amides is 2. The highest BCUT2D eigenvalue weighted by molar-refractivity contribution is 7.16. The van der Waals surface area contributed by atoms with Gasteiger partial charge in [-0.1, -0.05) is 38.3 Å². The van der Waals surface area contributed by atoms with Crippen molar-refractivity contribution >= 4 is 34.4 Å². The van der Waals surface area contributed by atoms with E-state index in [2.05, 4.69) is 11.9 Å². The lowest BCUT2D eigenvalue weighted by molar-refractivity contribution is -0.114. The molecule has 1 aromatic heterocycles. The molecule has 2 heterocycles. The molecular formula is C15H16N2O2S. The number of carbonyl (C=O) groups is 2. The number of thiophene rings is 1. The fourth-order valence-corrected chi connectivity index (χ4v) is 2.72. The van der Waals surface area contributed by atoms with E-state index >= 15 is 0 Å². The van der Waals surface area contributed by atoms with E-state index in [4.69, 9.17) is 5.41 Å². The second kappa shape index (κ2) is 6.25. The van der Waals surface area contributed by atoms with Crippen LogP contribution in [0.4, 0.5) is 0 Å². The summed E-state index contributed by atoms with van der Waals surface area (Å²) in [4.78, 5) is 24.3. The number of carbonyl (C=O) groups excluding carboxylic acids is 2. The molecule has 0 unspecified atom stereocenters. The van der Waals surface area contributed by atoms with Gasteiger partial charge in [0.05, 0.1) is 10.4 Å². The summed E-state index contributed by atoms with van der Waals surface area (Å²) < 4.78 is 0. The summed E-state index contributed by atoms with van der Waals surface area (Å²) in [6.45, 7) is 5.49. The van der Waals surface area contributed by atoms with Crippen molar-refractivity contribution in [1.82, 2.24) is 5.32 Å². The number of imide groups is 1. The number of fused-ring (bicyclic) bond motifs is 1. The molecule has 1 aliphatic rings. The number of hydrogen-bond donors (Lipinski definition) is 2. The minimum absolute atomic E-state index is 0.